The van der Waals surface area contributed by atoms with E-state index in [2.05, 4.69) is 4.74 Å². The van der Waals surface area contributed by atoms with Crippen LogP contribution in [0.5, 0.6) is 0 Å². The van der Waals surface area contributed by atoms with Crippen LogP contribution in [0.25, 0.3) is 0 Å². The van der Waals surface area contributed by atoms with Gasteiger partial charge in [-0.25, -0.2) is 8.78 Å². The molecule has 0 saturated heterocycles. The van der Waals surface area contributed by atoms with Crippen LogP contribution in [0.4, 0.5) is 8.78 Å². The van der Waals surface area contributed by atoms with E-state index in [1.807, 2.05) is 0 Å². The summed E-state index contributed by atoms with van der Waals surface area (Å²) in [6.07, 6.45) is 0. The van der Waals surface area contributed by atoms with Crippen molar-refractivity contribution >= 4 is 5.97 Å². The number of halogens is 2. The van der Waals surface area contributed by atoms with Crippen LogP contribution in [0.3, 0.4) is 0 Å². The first-order valence-electron chi connectivity index (χ1n) is 4.51. The molecule has 15 heavy (non-hydrogen) atoms. The molecule has 0 aliphatic heterocycles. The van der Waals surface area contributed by atoms with Crippen molar-refractivity contribution in [3.05, 3.63) is 34.9 Å². The van der Waals surface area contributed by atoms with E-state index in [1.54, 1.807) is 0 Å². The van der Waals surface area contributed by atoms with Gasteiger partial charge in [-0.15, -0.1) is 0 Å². The van der Waals surface area contributed by atoms with Crippen LogP contribution in [0.15, 0.2) is 12.1 Å². The molecule has 1 atom stereocenters. The van der Waals surface area contributed by atoms with Gasteiger partial charge in [0, 0.05) is 5.56 Å². The first kappa shape index (κ1) is 11.6. The number of benzene rings is 1. The summed E-state index contributed by atoms with van der Waals surface area (Å²) >= 11 is 0. The Labute approximate surface area is 86.9 Å². The standard InChI is InChI=1S/C11H12F2O2/c1-6-4-5-8(12)9(10(6)13)7(2)11(14)15-3/h4-5,7H,1-3H3. The van der Waals surface area contributed by atoms with E-state index < -0.39 is 23.5 Å². The molecule has 0 heterocycles. The predicted octanol–water partition coefficient (Wildman–Crippen LogP) is 2.55. The highest BCUT2D eigenvalue weighted by atomic mass is 19.1. The summed E-state index contributed by atoms with van der Waals surface area (Å²) in [4.78, 5) is 11.2. The van der Waals surface area contributed by atoms with Crippen molar-refractivity contribution in [3.63, 3.8) is 0 Å². The zero-order valence-corrected chi connectivity index (χ0v) is 8.80. The van der Waals surface area contributed by atoms with Gasteiger partial charge in [-0.2, -0.15) is 0 Å². The summed E-state index contributed by atoms with van der Waals surface area (Å²) in [5, 5.41) is 0. The topological polar surface area (TPSA) is 26.3 Å². The number of esters is 1. The summed E-state index contributed by atoms with van der Waals surface area (Å²) < 4.78 is 31.3. The van der Waals surface area contributed by atoms with E-state index in [4.69, 9.17) is 0 Å². The molecule has 0 aromatic heterocycles. The molecule has 0 amide bonds. The smallest absolute Gasteiger partial charge is 0.313 e. The largest absolute Gasteiger partial charge is 0.469 e. The highest BCUT2D eigenvalue weighted by molar-refractivity contribution is 5.77. The molecule has 0 N–H and O–H groups in total. The molecule has 2 nitrogen and oxygen atoms in total. The molecular formula is C11H12F2O2. The number of rotatable bonds is 2. The third-order valence-electron chi connectivity index (χ3n) is 2.31. The number of hydrogen-bond acceptors (Lipinski definition) is 2. The molecule has 0 bridgehead atoms. The van der Waals surface area contributed by atoms with Crippen molar-refractivity contribution in [2.24, 2.45) is 0 Å². The van der Waals surface area contributed by atoms with Crippen molar-refractivity contribution in [3.8, 4) is 0 Å². The van der Waals surface area contributed by atoms with E-state index in [9.17, 15) is 13.6 Å². The highest BCUT2D eigenvalue weighted by Crippen LogP contribution is 2.25. The Morgan fingerprint density at radius 1 is 1.40 bits per heavy atom. The van der Waals surface area contributed by atoms with Crippen LogP contribution in [-0.2, 0) is 9.53 Å². The molecule has 82 valence electrons. The summed E-state index contributed by atoms with van der Waals surface area (Å²) in [5.74, 6) is -3.00. The molecule has 0 aliphatic rings. The van der Waals surface area contributed by atoms with Gasteiger partial charge < -0.3 is 4.74 Å². The summed E-state index contributed by atoms with van der Waals surface area (Å²) in [6, 6.07) is 2.48. The van der Waals surface area contributed by atoms with Gasteiger partial charge in [-0.05, 0) is 25.5 Å². The minimum absolute atomic E-state index is 0.234. The van der Waals surface area contributed by atoms with E-state index in [0.29, 0.717) is 5.56 Å². The lowest BCUT2D eigenvalue weighted by Gasteiger charge is -2.12. The van der Waals surface area contributed by atoms with Crippen LogP contribution in [0.2, 0.25) is 0 Å². The fraction of sp³-hybridized carbons (Fsp3) is 0.364. The summed E-state index contributed by atoms with van der Waals surface area (Å²) in [5.41, 5.74) is 0.0732. The number of ether oxygens (including phenoxy) is 1. The van der Waals surface area contributed by atoms with Crippen LogP contribution < -0.4 is 0 Å². The van der Waals surface area contributed by atoms with Gasteiger partial charge in [0.25, 0.3) is 0 Å². The molecule has 0 saturated carbocycles. The third-order valence-corrected chi connectivity index (χ3v) is 2.31. The molecule has 1 aromatic rings. The molecule has 0 radical (unpaired) electrons. The van der Waals surface area contributed by atoms with Crippen molar-refractivity contribution < 1.29 is 18.3 Å². The quantitative estimate of drug-likeness (QED) is 0.707. The molecular weight excluding hydrogens is 202 g/mol. The lowest BCUT2D eigenvalue weighted by molar-refractivity contribution is -0.142. The van der Waals surface area contributed by atoms with E-state index >= 15 is 0 Å². The van der Waals surface area contributed by atoms with Gasteiger partial charge in [0.2, 0.25) is 0 Å². The Kier molecular flexibility index (Phi) is 3.39. The molecule has 1 aromatic carbocycles. The highest BCUT2D eigenvalue weighted by Gasteiger charge is 2.24. The van der Waals surface area contributed by atoms with Crippen LogP contribution >= 0.6 is 0 Å². The van der Waals surface area contributed by atoms with Crippen molar-refractivity contribution in [2.45, 2.75) is 19.8 Å². The third kappa shape index (κ3) is 2.14. The van der Waals surface area contributed by atoms with E-state index in [-0.39, 0.29) is 5.56 Å². The van der Waals surface area contributed by atoms with Gasteiger partial charge in [0.15, 0.2) is 0 Å². The molecule has 0 fully saturated rings. The second-order valence-corrected chi connectivity index (χ2v) is 3.34. The molecule has 1 unspecified atom stereocenters. The second kappa shape index (κ2) is 4.38. The Morgan fingerprint density at radius 3 is 2.53 bits per heavy atom. The van der Waals surface area contributed by atoms with Gasteiger partial charge in [0.1, 0.15) is 11.6 Å². The number of hydrogen-bond donors (Lipinski definition) is 0. The average Bonchev–Trinajstić information content (AvgIpc) is 2.22. The Morgan fingerprint density at radius 2 is 2.00 bits per heavy atom. The maximum Gasteiger partial charge on any atom is 0.313 e. The lowest BCUT2D eigenvalue weighted by Crippen LogP contribution is -2.14. The fourth-order valence-corrected chi connectivity index (χ4v) is 1.37. The molecule has 4 heteroatoms. The zero-order chi connectivity index (χ0) is 11.6. The monoisotopic (exact) mass is 214 g/mol. The second-order valence-electron chi connectivity index (χ2n) is 3.34. The number of carbonyl (C=O) groups is 1. The zero-order valence-electron chi connectivity index (χ0n) is 8.80. The predicted molar refractivity (Wildman–Crippen MR) is 51.5 cm³/mol. The van der Waals surface area contributed by atoms with Crippen LogP contribution in [-0.4, -0.2) is 13.1 Å². The minimum atomic E-state index is -0.935. The number of methoxy groups -OCH3 is 1. The normalized spacial score (nSPS) is 12.3. The van der Waals surface area contributed by atoms with Crippen molar-refractivity contribution in [1.82, 2.24) is 0 Å². The van der Waals surface area contributed by atoms with E-state index in [0.717, 1.165) is 6.07 Å². The van der Waals surface area contributed by atoms with Crippen LogP contribution in [0.1, 0.15) is 24.0 Å². The lowest BCUT2D eigenvalue weighted by atomic mass is 9.98. The van der Waals surface area contributed by atoms with Gasteiger partial charge in [-0.3, -0.25) is 4.79 Å². The van der Waals surface area contributed by atoms with Gasteiger partial charge in [-0.1, -0.05) is 6.07 Å². The SMILES string of the molecule is COC(=O)C(C)c1c(F)ccc(C)c1F. The minimum Gasteiger partial charge on any atom is -0.469 e. The Bertz CT molecular complexity index is 388. The maximum absolute atomic E-state index is 13.6. The first-order valence-corrected chi connectivity index (χ1v) is 4.51. The summed E-state index contributed by atoms with van der Waals surface area (Å²) in [7, 11) is 1.18. The van der Waals surface area contributed by atoms with Crippen molar-refractivity contribution in [1.29, 1.82) is 0 Å². The van der Waals surface area contributed by atoms with Gasteiger partial charge in [0.05, 0.1) is 13.0 Å². The average molecular weight is 214 g/mol. The fourth-order valence-electron chi connectivity index (χ4n) is 1.37. The first-order chi connectivity index (χ1) is 6.99. The Hall–Kier alpha value is -1.45. The van der Waals surface area contributed by atoms with E-state index in [1.165, 1.54) is 27.0 Å². The molecule has 1 rings (SSSR count). The molecule has 0 spiro atoms. The van der Waals surface area contributed by atoms with Crippen molar-refractivity contribution in [2.75, 3.05) is 7.11 Å². The number of aryl methyl sites for hydroxylation is 1. The Balaban J connectivity index is 3.24. The maximum atomic E-state index is 13.6. The van der Waals surface area contributed by atoms with Gasteiger partial charge >= 0.3 is 5.97 Å². The molecule has 0 aliphatic carbocycles. The number of carbonyl (C=O) groups excluding carboxylic acids is 1. The summed E-state index contributed by atoms with van der Waals surface area (Å²) in [6.45, 7) is 2.93. The van der Waals surface area contributed by atoms with Crippen LogP contribution in [0, 0.1) is 18.6 Å².